The van der Waals surface area contributed by atoms with Gasteiger partial charge in [0.2, 0.25) is 5.82 Å². The minimum Gasteiger partial charge on any atom is -0.348 e. The van der Waals surface area contributed by atoms with Gasteiger partial charge in [-0.15, -0.1) is 5.10 Å². The second-order valence-corrected chi connectivity index (χ2v) is 7.46. The Hall–Kier alpha value is -3.41. The number of nitrogens with one attached hydrogen (secondary N) is 1. The maximum Gasteiger partial charge on any atom is 0.453 e. The fourth-order valence-corrected chi connectivity index (χ4v) is 3.96. The van der Waals surface area contributed by atoms with Gasteiger partial charge in [0.05, 0.1) is 28.3 Å². The average Bonchev–Trinajstić information content (AvgIpc) is 3.44. The van der Waals surface area contributed by atoms with Crippen LogP contribution in [0.3, 0.4) is 0 Å². The van der Waals surface area contributed by atoms with Crippen LogP contribution in [0.1, 0.15) is 39.6 Å². The van der Waals surface area contributed by atoms with E-state index in [2.05, 4.69) is 25.1 Å². The highest BCUT2D eigenvalue weighted by molar-refractivity contribution is 6.33. The highest BCUT2D eigenvalue weighted by atomic mass is 35.5. The monoisotopic (exact) mass is 450 g/mol. The van der Waals surface area contributed by atoms with Gasteiger partial charge in [0.1, 0.15) is 6.04 Å². The van der Waals surface area contributed by atoms with Crippen LogP contribution in [0.25, 0.3) is 5.52 Å². The van der Waals surface area contributed by atoms with Crippen molar-refractivity contribution < 1.29 is 18.0 Å². The summed E-state index contributed by atoms with van der Waals surface area (Å²) in [5, 5.41) is 8.35. The first-order chi connectivity index (χ1) is 14.7. The number of hydrogen-bond acceptors (Lipinski definition) is 5. The molecule has 4 aromatic heterocycles. The van der Waals surface area contributed by atoms with Crippen molar-refractivity contribution in [3.05, 3.63) is 64.5 Å². The van der Waals surface area contributed by atoms with Crippen LogP contribution in [0.4, 0.5) is 13.2 Å². The zero-order valence-corrected chi connectivity index (χ0v) is 16.7. The maximum atomic E-state index is 13.3. The van der Waals surface area contributed by atoms with Crippen LogP contribution in [0.2, 0.25) is 5.02 Å². The normalized spacial score (nSPS) is 16.7. The Morgan fingerprint density at radius 2 is 2.13 bits per heavy atom. The predicted molar refractivity (Wildman–Crippen MR) is 101 cm³/mol. The van der Waals surface area contributed by atoms with Crippen molar-refractivity contribution in [2.45, 2.75) is 18.6 Å². The fraction of sp³-hybridized carbons (Fsp3) is 0.278. The predicted octanol–water partition coefficient (Wildman–Crippen LogP) is 2.65. The van der Waals surface area contributed by atoms with Crippen LogP contribution in [0.5, 0.6) is 0 Å². The van der Waals surface area contributed by atoms with Crippen molar-refractivity contribution in [1.82, 2.24) is 39.2 Å². The van der Waals surface area contributed by atoms with Crippen molar-refractivity contribution in [1.29, 1.82) is 0 Å². The van der Waals surface area contributed by atoms with Gasteiger partial charge in [0.25, 0.3) is 11.7 Å². The molecule has 0 radical (unpaired) electrons. The van der Waals surface area contributed by atoms with Gasteiger partial charge in [-0.2, -0.15) is 23.3 Å². The second-order valence-electron chi connectivity index (χ2n) is 7.05. The van der Waals surface area contributed by atoms with Gasteiger partial charge in [-0.3, -0.25) is 4.79 Å². The SMILES string of the molecule is Cn1nc(C(F)(F)F)nc1C(=O)N1CCc2[nH]cnc2[C@@H]1c1cc2c(Cl)cccn2n1. The Morgan fingerprint density at radius 3 is 2.84 bits per heavy atom. The van der Waals surface area contributed by atoms with E-state index >= 15 is 0 Å². The van der Waals surface area contributed by atoms with E-state index in [1.165, 1.54) is 18.3 Å². The molecule has 1 N–H and O–H groups in total. The van der Waals surface area contributed by atoms with Gasteiger partial charge in [-0.05, 0) is 18.2 Å². The first kappa shape index (κ1) is 19.5. The molecular formula is C18H14ClF3N8O. The second kappa shape index (κ2) is 6.80. The molecule has 31 heavy (non-hydrogen) atoms. The average molecular weight is 451 g/mol. The minimum atomic E-state index is -4.76. The summed E-state index contributed by atoms with van der Waals surface area (Å²) < 4.78 is 41.5. The van der Waals surface area contributed by atoms with Gasteiger partial charge >= 0.3 is 6.18 Å². The summed E-state index contributed by atoms with van der Waals surface area (Å²) in [5.74, 6) is -2.49. The molecule has 0 saturated heterocycles. The third-order valence-electron chi connectivity index (χ3n) is 5.14. The van der Waals surface area contributed by atoms with Crippen molar-refractivity contribution in [3.8, 4) is 0 Å². The Labute approximate surface area is 177 Å². The molecule has 4 aromatic rings. The summed E-state index contributed by atoms with van der Waals surface area (Å²) in [6.45, 7) is 0.231. The molecule has 1 atom stereocenters. The molecule has 1 aliphatic heterocycles. The number of hydrogen-bond donors (Lipinski definition) is 1. The molecule has 0 spiro atoms. The van der Waals surface area contributed by atoms with E-state index in [9.17, 15) is 18.0 Å². The number of fused-ring (bicyclic) bond motifs is 2. The van der Waals surface area contributed by atoms with E-state index < -0.39 is 29.8 Å². The number of amides is 1. The number of H-pyrrole nitrogens is 1. The van der Waals surface area contributed by atoms with E-state index in [0.717, 1.165) is 10.4 Å². The highest BCUT2D eigenvalue weighted by Gasteiger charge is 2.41. The molecule has 0 unspecified atom stereocenters. The third kappa shape index (κ3) is 3.14. The van der Waals surface area contributed by atoms with Gasteiger partial charge in [0, 0.05) is 31.9 Å². The number of carbonyl (C=O) groups is 1. The Kier molecular flexibility index (Phi) is 4.29. The first-order valence-electron chi connectivity index (χ1n) is 9.19. The summed E-state index contributed by atoms with van der Waals surface area (Å²) in [7, 11) is 1.25. The topological polar surface area (TPSA) is 97.0 Å². The lowest BCUT2D eigenvalue weighted by Crippen LogP contribution is -2.42. The van der Waals surface area contributed by atoms with Crippen LogP contribution in [-0.2, 0) is 19.6 Å². The van der Waals surface area contributed by atoms with Crippen LogP contribution in [0, 0.1) is 0 Å². The van der Waals surface area contributed by atoms with E-state index in [-0.39, 0.29) is 6.54 Å². The fourth-order valence-electron chi connectivity index (χ4n) is 3.75. The Balaban J connectivity index is 1.61. The van der Waals surface area contributed by atoms with E-state index in [1.807, 2.05) is 0 Å². The van der Waals surface area contributed by atoms with Crippen molar-refractivity contribution in [2.24, 2.45) is 7.05 Å². The molecule has 1 amide bonds. The summed E-state index contributed by atoms with van der Waals surface area (Å²) >= 11 is 6.26. The third-order valence-corrected chi connectivity index (χ3v) is 5.46. The van der Waals surface area contributed by atoms with Crippen LogP contribution in [0.15, 0.2) is 30.7 Å². The molecule has 0 aromatic carbocycles. The first-order valence-corrected chi connectivity index (χ1v) is 9.57. The smallest absolute Gasteiger partial charge is 0.348 e. The van der Waals surface area contributed by atoms with Gasteiger partial charge in [0.15, 0.2) is 0 Å². The lowest BCUT2D eigenvalue weighted by molar-refractivity contribution is -0.144. The summed E-state index contributed by atoms with van der Waals surface area (Å²) in [4.78, 5) is 25.5. The molecule has 160 valence electrons. The minimum absolute atomic E-state index is 0.231. The van der Waals surface area contributed by atoms with Crippen molar-refractivity contribution >= 4 is 23.0 Å². The zero-order chi connectivity index (χ0) is 21.9. The largest absolute Gasteiger partial charge is 0.453 e. The lowest BCUT2D eigenvalue weighted by Gasteiger charge is -2.33. The number of alkyl halides is 3. The van der Waals surface area contributed by atoms with Crippen molar-refractivity contribution in [3.63, 3.8) is 0 Å². The molecule has 0 aliphatic carbocycles. The summed E-state index contributed by atoms with van der Waals surface area (Å²) in [6.07, 6.45) is -1.08. The number of halogens is 4. The molecule has 0 saturated carbocycles. The zero-order valence-electron chi connectivity index (χ0n) is 15.9. The van der Waals surface area contributed by atoms with Crippen LogP contribution < -0.4 is 0 Å². The molecule has 13 heteroatoms. The number of carbonyl (C=O) groups excluding carboxylic acids is 1. The Morgan fingerprint density at radius 1 is 1.32 bits per heavy atom. The molecule has 5 rings (SSSR count). The number of aryl methyl sites for hydroxylation is 1. The molecule has 1 aliphatic rings. The molecule has 9 nitrogen and oxygen atoms in total. The number of imidazole rings is 1. The Bertz CT molecular complexity index is 1310. The summed E-state index contributed by atoms with van der Waals surface area (Å²) in [6, 6.07) is 4.44. The molecular weight excluding hydrogens is 437 g/mol. The number of nitrogens with zero attached hydrogens (tertiary/aromatic N) is 7. The quantitative estimate of drug-likeness (QED) is 0.506. The molecule has 0 bridgehead atoms. The standard InChI is InChI=1S/C18H14ClF3N8O/c1-28-15(25-17(27-28)18(20,21)22)16(31)29-6-4-10-13(24-8-23-10)14(29)11-7-12-9(19)3-2-5-30(12)26-11/h2-3,5,7-8,14H,4,6H2,1H3,(H,23,24)/t14-/m0/s1. The van der Waals surface area contributed by atoms with Crippen LogP contribution in [-0.4, -0.2) is 51.7 Å². The van der Waals surface area contributed by atoms with E-state index in [1.54, 1.807) is 28.9 Å². The highest BCUT2D eigenvalue weighted by Crippen LogP contribution is 2.35. The number of aromatic amines is 1. The van der Waals surface area contributed by atoms with Gasteiger partial charge in [-0.1, -0.05) is 11.6 Å². The van der Waals surface area contributed by atoms with Crippen molar-refractivity contribution in [2.75, 3.05) is 6.54 Å². The van der Waals surface area contributed by atoms with Crippen LogP contribution >= 0.6 is 11.6 Å². The van der Waals surface area contributed by atoms with E-state index in [0.29, 0.717) is 28.3 Å². The molecule has 5 heterocycles. The van der Waals surface area contributed by atoms with Gasteiger partial charge in [-0.25, -0.2) is 14.2 Å². The number of rotatable bonds is 2. The number of pyridine rings is 1. The van der Waals surface area contributed by atoms with Gasteiger partial charge < -0.3 is 9.88 Å². The lowest BCUT2D eigenvalue weighted by atomic mass is 9.99. The number of aromatic nitrogens is 7. The maximum absolute atomic E-state index is 13.3. The summed E-state index contributed by atoms with van der Waals surface area (Å²) in [5.41, 5.74) is 2.50. The molecule has 0 fully saturated rings. The van der Waals surface area contributed by atoms with E-state index in [4.69, 9.17) is 11.6 Å².